The number of halogens is 1. The van der Waals surface area contributed by atoms with E-state index in [0.717, 1.165) is 11.8 Å². The Morgan fingerprint density at radius 2 is 2.00 bits per heavy atom. The van der Waals surface area contributed by atoms with Gasteiger partial charge in [0, 0.05) is 34.5 Å². The zero-order chi connectivity index (χ0) is 22.0. The van der Waals surface area contributed by atoms with Crippen LogP contribution in [0.3, 0.4) is 0 Å². The Balaban J connectivity index is 1.41. The lowest BCUT2D eigenvalue weighted by molar-refractivity contribution is 0.0950. The van der Waals surface area contributed by atoms with Crippen LogP contribution < -0.4 is 5.32 Å². The Labute approximate surface area is 186 Å². The lowest BCUT2D eigenvalue weighted by atomic mass is 10.2. The van der Waals surface area contributed by atoms with E-state index in [9.17, 15) is 13.2 Å². The van der Waals surface area contributed by atoms with Crippen molar-refractivity contribution in [1.29, 1.82) is 0 Å². The minimum atomic E-state index is -3.27. The Hall–Kier alpha value is -3.15. The number of pyridine rings is 1. The van der Waals surface area contributed by atoms with Crippen LogP contribution in [0.25, 0.3) is 17.1 Å². The molecular formula is C19H15ClN6O3S2. The van der Waals surface area contributed by atoms with Crippen LogP contribution >= 0.6 is 22.9 Å². The topological polar surface area (TPSA) is 120 Å². The maximum Gasteiger partial charge on any atom is 0.280 e. The lowest BCUT2D eigenvalue weighted by Crippen LogP contribution is -2.22. The monoisotopic (exact) mass is 474 g/mol. The Kier molecular flexibility index (Phi) is 5.81. The molecule has 3 heterocycles. The van der Waals surface area contributed by atoms with Crippen LogP contribution in [0.15, 0.2) is 59.1 Å². The van der Waals surface area contributed by atoms with Gasteiger partial charge in [-0.3, -0.25) is 4.79 Å². The lowest BCUT2D eigenvalue weighted by Gasteiger charge is -2.01. The summed E-state index contributed by atoms with van der Waals surface area (Å²) in [6.45, 7) is 0.164. The minimum Gasteiger partial charge on any atom is -0.344 e. The van der Waals surface area contributed by atoms with E-state index in [1.807, 2.05) is 0 Å². The highest BCUT2D eigenvalue weighted by Gasteiger charge is 2.14. The summed E-state index contributed by atoms with van der Waals surface area (Å²) in [6, 6.07) is 9.66. The second kappa shape index (κ2) is 8.53. The zero-order valence-corrected chi connectivity index (χ0v) is 18.4. The molecule has 0 unspecified atom stereocenters. The number of hydrogen-bond acceptors (Lipinski definition) is 8. The van der Waals surface area contributed by atoms with Crippen molar-refractivity contribution in [3.63, 3.8) is 0 Å². The molecule has 1 amide bonds. The van der Waals surface area contributed by atoms with E-state index in [2.05, 4.69) is 25.6 Å². The highest BCUT2D eigenvalue weighted by molar-refractivity contribution is 7.90. The second-order valence-electron chi connectivity index (χ2n) is 6.50. The molecule has 1 aromatic carbocycles. The van der Waals surface area contributed by atoms with Crippen molar-refractivity contribution in [1.82, 2.24) is 30.3 Å². The number of nitrogens with one attached hydrogen (secondary N) is 1. The predicted molar refractivity (Wildman–Crippen MR) is 116 cm³/mol. The van der Waals surface area contributed by atoms with Crippen LogP contribution in [-0.4, -0.2) is 45.5 Å². The number of rotatable bonds is 6. The molecule has 1 N–H and O–H groups in total. The summed E-state index contributed by atoms with van der Waals surface area (Å²) in [5, 5.41) is 13.3. The molecule has 0 radical (unpaired) electrons. The van der Waals surface area contributed by atoms with E-state index in [1.165, 1.54) is 28.2 Å². The molecule has 12 heteroatoms. The van der Waals surface area contributed by atoms with Crippen LogP contribution in [0.2, 0.25) is 5.02 Å². The first kappa shape index (κ1) is 21.1. The fourth-order valence-corrected chi connectivity index (χ4v) is 4.17. The summed E-state index contributed by atoms with van der Waals surface area (Å²) in [7, 11) is -3.27. The first-order valence-electron chi connectivity index (χ1n) is 8.87. The summed E-state index contributed by atoms with van der Waals surface area (Å²) >= 11 is 7.15. The Morgan fingerprint density at radius 1 is 1.23 bits per heavy atom. The van der Waals surface area contributed by atoms with Gasteiger partial charge in [-0.1, -0.05) is 28.9 Å². The highest BCUT2D eigenvalue weighted by atomic mass is 35.5. The standard InChI is InChI=1S/C19H15ClN6O3S2/c1-31(28,29)15-4-2-12(3-5-15)16-11-30-19(23-16)18(27)22-9-14-10-26(25-24-14)17-8-13(20)6-7-21-17/h2-8,10-11H,9H2,1H3,(H,22,27). The third-order valence-corrected chi connectivity index (χ3v) is 6.39. The number of thiazole rings is 1. The van der Waals surface area contributed by atoms with Gasteiger partial charge in [0.25, 0.3) is 5.91 Å². The molecular weight excluding hydrogens is 460 g/mol. The number of carbonyl (C=O) groups excluding carboxylic acids is 1. The van der Waals surface area contributed by atoms with Crippen molar-refractivity contribution in [2.75, 3.05) is 6.26 Å². The number of sulfone groups is 1. The van der Waals surface area contributed by atoms with Crippen molar-refractivity contribution in [2.45, 2.75) is 11.4 Å². The fourth-order valence-electron chi connectivity index (χ4n) is 2.64. The van der Waals surface area contributed by atoms with Crippen molar-refractivity contribution in [3.05, 3.63) is 69.9 Å². The maximum atomic E-state index is 12.4. The van der Waals surface area contributed by atoms with Crippen LogP contribution in [0.1, 0.15) is 15.5 Å². The van der Waals surface area contributed by atoms with Gasteiger partial charge in [0.1, 0.15) is 5.69 Å². The van der Waals surface area contributed by atoms with E-state index >= 15 is 0 Å². The summed E-state index contributed by atoms with van der Waals surface area (Å²) in [5.41, 5.74) is 1.86. The molecule has 158 valence electrons. The van der Waals surface area contributed by atoms with Gasteiger partial charge in [-0.05, 0) is 18.2 Å². The summed E-state index contributed by atoms with van der Waals surface area (Å²) in [6.07, 6.45) is 4.36. The van der Waals surface area contributed by atoms with Crippen LogP contribution in [0.5, 0.6) is 0 Å². The molecule has 3 aromatic heterocycles. The smallest absolute Gasteiger partial charge is 0.280 e. The first-order valence-corrected chi connectivity index (χ1v) is 12.0. The largest absolute Gasteiger partial charge is 0.344 e. The highest BCUT2D eigenvalue weighted by Crippen LogP contribution is 2.23. The van der Waals surface area contributed by atoms with Gasteiger partial charge in [-0.15, -0.1) is 16.4 Å². The molecule has 0 aliphatic rings. The summed E-state index contributed by atoms with van der Waals surface area (Å²) in [4.78, 5) is 21.2. The fraction of sp³-hybridized carbons (Fsp3) is 0.105. The number of hydrogen-bond donors (Lipinski definition) is 1. The predicted octanol–water partition coefficient (Wildman–Crippen LogP) is 2.77. The summed E-state index contributed by atoms with van der Waals surface area (Å²) in [5.74, 6) is 0.170. The average molecular weight is 475 g/mol. The maximum absolute atomic E-state index is 12.4. The van der Waals surface area contributed by atoms with E-state index in [1.54, 1.807) is 42.0 Å². The molecule has 0 aliphatic heterocycles. The van der Waals surface area contributed by atoms with Gasteiger partial charge in [0.2, 0.25) is 0 Å². The van der Waals surface area contributed by atoms with E-state index in [4.69, 9.17) is 11.6 Å². The third kappa shape index (κ3) is 4.95. The Morgan fingerprint density at radius 3 is 2.71 bits per heavy atom. The van der Waals surface area contributed by atoms with Gasteiger partial charge < -0.3 is 5.32 Å². The molecule has 0 saturated carbocycles. The van der Waals surface area contributed by atoms with Gasteiger partial charge in [-0.2, -0.15) is 0 Å². The molecule has 0 fully saturated rings. The van der Waals surface area contributed by atoms with Crippen molar-refractivity contribution >= 4 is 38.7 Å². The van der Waals surface area contributed by atoms with Gasteiger partial charge >= 0.3 is 0 Å². The molecule has 0 spiro atoms. The van der Waals surface area contributed by atoms with Crippen molar-refractivity contribution < 1.29 is 13.2 Å². The zero-order valence-electron chi connectivity index (χ0n) is 16.1. The van der Waals surface area contributed by atoms with Crippen LogP contribution in [0, 0.1) is 0 Å². The number of nitrogens with zero attached hydrogens (tertiary/aromatic N) is 5. The molecule has 0 atom stereocenters. The number of benzene rings is 1. The van der Waals surface area contributed by atoms with Gasteiger partial charge in [-0.25, -0.2) is 23.1 Å². The molecule has 0 aliphatic carbocycles. The SMILES string of the molecule is CS(=O)(=O)c1ccc(-c2csc(C(=O)NCc3cn(-c4cc(Cl)ccn4)nn3)n2)cc1. The average Bonchev–Trinajstić information content (AvgIpc) is 3.42. The summed E-state index contributed by atoms with van der Waals surface area (Å²) < 4.78 is 24.6. The van der Waals surface area contributed by atoms with Gasteiger partial charge in [0.15, 0.2) is 20.7 Å². The minimum absolute atomic E-state index is 0.164. The molecule has 0 saturated heterocycles. The van der Waals surface area contributed by atoms with E-state index < -0.39 is 9.84 Å². The van der Waals surface area contributed by atoms with E-state index in [-0.39, 0.29) is 22.4 Å². The van der Waals surface area contributed by atoms with Crippen molar-refractivity contribution in [2.24, 2.45) is 0 Å². The normalized spacial score (nSPS) is 11.4. The third-order valence-electron chi connectivity index (χ3n) is 4.19. The first-order chi connectivity index (χ1) is 14.8. The molecule has 4 aromatic rings. The van der Waals surface area contributed by atoms with Crippen molar-refractivity contribution in [3.8, 4) is 17.1 Å². The molecule has 9 nitrogen and oxygen atoms in total. The van der Waals surface area contributed by atoms with Crippen LogP contribution in [-0.2, 0) is 16.4 Å². The van der Waals surface area contributed by atoms with E-state index in [0.29, 0.717) is 22.2 Å². The number of aromatic nitrogens is 5. The molecule has 0 bridgehead atoms. The number of carbonyl (C=O) groups is 1. The molecule has 4 rings (SSSR count). The Bertz CT molecular complexity index is 1350. The molecule has 31 heavy (non-hydrogen) atoms. The number of amides is 1. The quantitative estimate of drug-likeness (QED) is 0.456. The second-order valence-corrected chi connectivity index (χ2v) is 9.81. The van der Waals surface area contributed by atoms with Gasteiger partial charge in [0.05, 0.1) is 23.3 Å². The van der Waals surface area contributed by atoms with Crippen LogP contribution in [0.4, 0.5) is 0 Å².